The number of ether oxygens (including phenoxy) is 2. The van der Waals surface area contributed by atoms with E-state index in [9.17, 15) is 14.0 Å². The number of carbonyl (C=O) groups excluding carboxylic acids is 2. The van der Waals surface area contributed by atoms with Crippen LogP contribution >= 0.6 is 11.6 Å². The average molecular weight is 544 g/mol. The van der Waals surface area contributed by atoms with Crippen LogP contribution in [0.15, 0.2) is 42.5 Å². The number of hydrogen-bond acceptors (Lipinski definition) is 6. The number of rotatable bonds is 10. The minimum Gasteiger partial charge on any atom is -0.466 e. The van der Waals surface area contributed by atoms with Crippen LogP contribution in [0.4, 0.5) is 9.18 Å². The second kappa shape index (κ2) is 13.1. The van der Waals surface area contributed by atoms with Crippen molar-refractivity contribution in [2.75, 3.05) is 26.2 Å². The van der Waals surface area contributed by atoms with Gasteiger partial charge in [-0.25, -0.2) is 9.18 Å². The van der Waals surface area contributed by atoms with Gasteiger partial charge >= 0.3 is 12.1 Å². The molecule has 3 rings (SSSR count). The molecule has 1 fully saturated rings. The molecule has 0 spiro atoms. The molecule has 2 aromatic rings. The maximum atomic E-state index is 14.3. The summed E-state index contributed by atoms with van der Waals surface area (Å²) in [6.07, 6.45) is 0.182. The molecule has 0 saturated carbocycles. The molecule has 7 nitrogen and oxygen atoms in total. The van der Waals surface area contributed by atoms with Gasteiger partial charge in [-0.15, -0.1) is 0 Å². The number of benzene rings is 2. The van der Waals surface area contributed by atoms with Gasteiger partial charge < -0.3 is 14.8 Å². The van der Waals surface area contributed by atoms with Gasteiger partial charge in [0.25, 0.3) is 0 Å². The summed E-state index contributed by atoms with van der Waals surface area (Å²) < 4.78 is 25.1. The van der Waals surface area contributed by atoms with E-state index in [0.717, 1.165) is 5.56 Å². The molecule has 0 unspecified atom stereocenters. The molecule has 1 amide bonds. The predicted molar refractivity (Wildman–Crippen MR) is 144 cm³/mol. The van der Waals surface area contributed by atoms with Crippen molar-refractivity contribution in [2.24, 2.45) is 11.8 Å². The summed E-state index contributed by atoms with van der Waals surface area (Å²) in [5, 5.41) is 12.5. The molecule has 1 aliphatic heterocycles. The Morgan fingerprint density at radius 3 is 2.50 bits per heavy atom. The summed E-state index contributed by atoms with van der Waals surface area (Å²) >= 11 is 6.05. The third-order valence-corrected chi connectivity index (χ3v) is 6.44. The number of halogens is 2. The molecule has 2 aromatic carbocycles. The van der Waals surface area contributed by atoms with Crippen LogP contribution in [-0.2, 0) is 20.7 Å². The van der Waals surface area contributed by atoms with Crippen molar-refractivity contribution in [3.05, 3.63) is 58.9 Å². The first-order valence-corrected chi connectivity index (χ1v) is 13.2. The average Bonchev–Trinajstić information content (AvgIpc) is 2.81. The van der Waals surface area contributed by atoms with Gasteiger partial charge in [-0.05, 0) is 69.9 Å². The smallest absolute Gasteiger partial charge is 0.407 e. The van der Waals surface area contributed by atoms with Gasteiger partial charge in [-0.1, -0.05) is 35.9 Å². The van der Waals surface area contributed by atoms with Gasteiger partial charge in [-0.3, -0.25) is 9.69 Å². The van der Waals surface area contributed by atoms with Crippen LogP contribution in [0.5, 0.6) is 0 Å². The van der Waals surface area contributed by atoms with E-state index in [1.54, 1.807) is 45.9 Å². The second-order valence-electron chi connectivity index (χ2n) is 10.6. The number of nitrogens with one attached hydrogen (secondary N) is 1. The van der Waals surface area contributed by atoms with Crippen molar-refractivity contribution >= 4 is 23.7 Å². The summed E-state index contributed by atoms with van der Waals surface area (Å²) in [6.45, 7) is 9.02. The van der Waals surface area contributed by atoms with Crippen LogP contribution in [0.2, 0.25) is 5.02 Å². The highest BCUT2D eigenvalue weighted by molar-refractivity contribution is 6.30. The lowest BCUT2D eigenvalue weighted by Crippen LogP contribution is -2.50. The Balaban J connectivity index is 1.78. The van der Waals surface area contributed by atoms with Crippen LogP contribution in [0.25, 0.3) is 11.1 Å². The molecule has 1 N–H and O–H groups in total. The Hall–Kier alpha value is -3.15. The highest BCUT2D eigenvalue weighted by Gasteiger charge is 2.33. The fourth-order valence-electron chi connectivity index (χ4n) is 4.45. The van der Waals surface area contributed by atoms with Crippen molar-refractivity contribution in [1.82, 2.24) is 10.2 Å². The van der Waals surface area contributed by atoms with Gasteiger partial charge in [0.2, 0.25) is 0 Å². The minimum absolute atomic E-state index is 0.0311. The van der Waals surface area contributed by atoms with Crippen LogP contribution in [0.1, 0.15) is 39.7 Å². The van der Waals surface area contributed by atoms with E-state index >= 15 is 0 Å². The maximum Gasteiger partial charge on any atom is 0.407 e. The lowest BCUT2D eigenvalue weighted by Gasteiger charge is -2.37. The largest absolute Gasteiger partial charge is 0.466 e. The Bertz CT molecular complexity index is 1150. The maximum absolute atomic E-state index is 14.3. The first kappa shape index (κ1) is 29.4. The Kier molecular flexibility index (Phi) is 10.1. The highest BCUT2D eigenvalue weighted by atomic mass is 35.5. The molecule has 9 heteroatoms. The zero-order valence-electron chi connectivity index (χ0n) is 22.3. The van der Waals surface area contributed by atoms with E-state index in [4.69, 9.17) is 26.3 Å². The normalized spacial score (nSPS) is 15.6. The number of nitriles is 1. The Morgan fingerprint density at radius 1 is 1.21 bits per heavy atom. The SMILES string of the molecule is CCOC(=O)[C@@H](C[C@@H](Cc1ccc(-c2cc(Cl)ccc2F)cc1)NC(=O)OC(C)(C)C)CN1CC(C#N)C1. The predicted octanol–water partition coefficient (Wildman–Crippen LogP) is 5.61. The molecule has 0 aliphatic carbocycles. The fraction of sp³-hybridized carbons (Fsp3) is 0.483. The fourth-order valence-corrected chi connectivity index (χ4v) is 4.62. The molecule has 204 valence electrons. The van der Waals surface area contributed by atoms with Gasteiger partial charge in [0.15, 0.2) is 0 Å². The number of amides is 1. The van der Waals surface area contributed by atoms with Crippen molar-refractivity contribution < 1.29 is 23.5 Å². The van der Waals surface area contributed by atoms with E-state index in [-0.39, 0.29) is 24.3 Å². The second-order valence-corrected chi connectivity index (χ2v) is 11.0. The Labute approximate surface area is 228 Å². The number of esters is 1. The van der Waals surface area contributed by atoms with Crippen LogP contribution in [-0.4, -0.2) is 54.8 Å². The first-order valence-electron chi connectivity index (χ1n) is 12.8. The van der Waals surface area contributed by atoms with Crippen LogP contribution in [0, 0.1) is 29.0 Å². The van der Waals surface area contributed by atoms with Crippen LogP contribution < -0.4 is 5.32 Å². The minimum atomic E-state index is -0.679. The molecular weight excluding hydrogens is 509 g/mol. The van der Waals surface area contributed by atoms with E-state index in [0.29, 0.717) is 48.6 Å². The summed E-state index contributed by atoms with van der Waals surface area (Å²) in [4.78, 5) is 27.5. The van der Waals surface area contributed by atoms with Gasteiger partial charge in [0, 0.05) is 36.3 Å². The zero-order valence-corrected chi connectivity index (χ0v) is 23.1. The molecule has 0 radical (unpaired) electrons. The quantitative estimate of drug-likeness (QED) is 0.392. The summed E-state index contributed by atoms with van der Waals surface area (Å²) in [5.74, 6) is -1.23. The van der Waals surface area contributed by atoms with E-state index < -0.39 is 23.7 Å². The molecule has 38 heavy (non-hydrogen) atoms. The summed E-state index contributed by atoms with van der Waals surface area (Å²) in [5.41, 5.74) is 1.30. The van der Waals surface area contributed by atoms with Crippen LogP contribution in [0.3, 0.4) is 0 Å². The number of nitrogens with zero attached hydrogens (tertiary/aromatic N) is 2. The lowest BCUT2D eigenvalue weighted by atomic mass is 9.91. The topological polar surface area (TPSA) is 91.7 Å². The molecule has 1 aliphatic rings. The number of carbonyl (C=O) groups is 2. The Morgan fingerprint density at radius 2 is 1.89 bits per heavy atom. The summed E-state index contributed by atoms with van der Waals surface area (Å²) in [6, 6.07) is 13.6. The standard InChI is InChI=1S/C29H35ClFN3O4/c1-5-37-27(35)22(18-34-16-20(15-32)17-34)13-24(33-28(36)38-29(2,3)4)12-19-6-8-21(9-7-19)25-14-23(30)10-11-26(25)31/h6-11,14,20,22,24H,5,12-13,16-18H2,1-4H3,(H,33,36)/t22-,24+/m0/s1. The lowest BCUT2D eigenvalue weighted by molar-refractivity contribution is -0.149. The van der Waals surface area contributed by atoms with Crippen molar-refractivity contribution in [3.63, 3.8) is 0 Å². The zero-order chi connectivity index (χ0) is 27.9. The van der Waals surface area contributed by atoms with Gasteiger partial charge in [-0.2, -0.15) is 5.26 Å². The van der Waals surface area contributed by atoms with Crippen molar-refractivity contribution in [1.29, 1.82) is 5.26 Å². The highest BCUT2D eigenvalue weighted by Crippen LogP contribution is 2.27. The van der Waals surface area contributed by atoms with Crippen molar-refractivity contribution in [3.8, 4) is 17.2 Å². The number of hydrogen-bond donors (Lipinski definition) is 1. The molecular formula is C29H35ClFN3O4. The number of likely N-dealkylation sites (tertiary alicyclic amines) is 1. The summed E-state index contributed by atoms with van der Waals surface area (Å²) in [7, 11) is 0. The molecule has 0 aromatic heterocycles. The molecule has 1 heterocycles. The third-order valence-electron chi connectivity index (χ3n) is 6.20. The molecule has 0 bridgehead atoms. The third kappa shape index (κ3) is 8.71. The molecule has 1 saturated heterocycles. The van der Waals surface area contributed by atoms with Crippen molar-refractivity contribution in [2.45, 2.75) is 52.2 Å². The first-order chi connectivity index (χ1) is 18.0. The van der Waals surface area contributed by atoms with Gasteiger partial charge in [0.05, 0.1) is 24.5 Å². The number of alkyl carbamates (subject to hydrolysis) is 1. The van der Waals surface area contributed by atoms with E-state index in [1.807, 2.05) is 17.0 Å². The monoisotopic (exact) mass is 543 g/mol. The van der Waals surface area contributed by atoms with E-state index in [2.05, 4.69) is 11.4 Å². The molecule has 2 atom stereocenters. The van der Waals surface area contributed by atoms with E-state index in [1.165, 1.54) is 12.1 Å². The van der Waals surface area contributed by atoms with Gasteiger partial charge in [0.1, 0.15) is 11.4 Å².